The van der Waals surface area contributed by atoms with Crippen molar-refractivity contribution in [3.05, 3.63) is 11.6 Å². The van der Waals surface area contributed by atoms with E-state index in [1.807, 2.05) is 0 Å². The minimum Gasteiger partial charge on any atom is -0.466 e. The molecule has 0 radical (unpaired) electrons. The van der Waals surface area contributed by atoms with Gasteiger partial charge in [0, 0.05) is 33.1 Å². The van der Waals surface area contributed by atoms with E-state index in [1.54, 1.807) is 0 Å². The van der Waals surface area contributed by atoms with Crippen molar-refractivity contribution in [2.24, 2.45) is 40.4 Å². The zero-order valence-corrected chi connectivity index (χ0v) is 22.4. The molecule has 4 aliphatic rings. The van der Waals surface area contributed by atoms with Gasteiger partial charge in [-0.25, -0.2) is 0 Å². The minimum atomic E-state index is -0.224. The predicted octanol–water partition coefficient (Wildman–Crippen LogP) is 5.63. The Morgan fingerprint density at radius 3 is 2.31 bits per heavy atom. The van der Waals surface area contributed by atoms with Crippen molar-refractivity contribution in [2.45, 2.75) is 105 Å². The molecule has 9 atom stereocenters. The highest BCUT2D eigenvalue weighted by Crippen LogP contribution is 2.67. The standard InChI is InChI=1S/C29H44O6/c1-17(11-14-33-18(2)30)23-7-8-24-27-25(10-13-29(23,24)6)28(5)12-9-22(34-19(3)31)15-21(28)16-26(27)35-20(4)32/h16-17,22-27H,7-15H2,1-6H3/t17-,22+,23-,24+,25+,26+,27+,28+,29-/m1/s1. The Hall–Kier alpha value is -1.85. The summed E-state index contributed by atoms with van der Waals surface area (Å²) in [5, 5.41) is 0. The van der Waals surface area contributed by atoms with Gasteiger partial charge in [-0.2, -0.15) is 0 Å². The van der Waals surface area contributed by atoms with Gasteiger partial charge in [0.15, 0.2) is 0 Å². The Labute approximate surface area is 210 Å². The molecule has 0 spiro atoms. The Bertz CT molecular complexity index is 878. The van der Waals surface area contributed by atoms with E-state index in [9.17, 15) is 14.4 Å². The van der Waals surface area contributed by atoms with Gasteiger partial charge in [-0.05, 0) is 85.5 Å². The SMILES string of the molecule is CC(=O)OCC[C@@H](C)[C@H]1CC[C@H]2[C@@H]3[C@@H](OC(C)=O)C=C4C[C@@H](OC(C)=O)CC[C@]4(C)[C@H]3CC[C@]12C. The summed E-state index contributed by atoms with van der Waals surface area (Å²) in [4.78, 5) is 35.0. The average molecular weight is 489 g/mol. The first-order valence-electron chi connectivity index (χ1n) is 13.6. The largest absolute Gasteiger partial charge is 0.466 e. The third-order valence-corrected chi connectivity index (χ3v) is 10.3. The lowest BCUT2D eigenvalue weighted by molar-refractivity contribution is -0.160. The van der Waals surface area contributed by atoms with Crippen LogP contribution in [0, 0.1) is 40.4 Å². The van der Waals surface area contributed by atoms with E-state index in [0.29, 0.717) is 36.2 Å². The molecule has 0 aromatic rings. The van der Waals surface area contributed by atoms with Crippen LogP contribution in [0.3, 0.4) is 0 Å². The van der Waals surface area contributed by atoms with E-state index in [1.165, 1.54) is 39.2 Å². The van der Waals surface area contributed by atoms with Crippen LogP contribution in [0.2, 0.25) is 0 Å². The molecule has 4 aliphatic carbocycles. The summed E-state index contributed by atoms with van der Waals surface area (Å²) in [6.07, 6.45) is 10.2. The fourth-order valence-corrected chi connectivity index (χ4v) is 8.79. The number of esters is 3. The lowest BCUT2D eigenvalue weighted by Crippen LogP contribution is -2.55. The van der Waals surface area contributed by atoms with Crippen LogP contribution in [0.5, 0.6) is 0 Å². The number of carbonyl (C=O) groups excluding carboxylic acids is 3. The molecule has 196 valence electrons. The predicted molar refractivity (Wildman–Crippen MR) is 132 cm³/mol. The molecule has 6 nitrogen and oxygen atoms in total. The first kappa shape index (κ1) is 26.2. The fourth-order valence-electron chi connectivity index (χ4n) is 8.79. The molecule has 4 rings (SSSR count). The zero-order valence-electron chi connectivity index (χ0n) is 22.4. The van der Waals surface area contributed by atoms with Crippen molar-refractivity contribution in [1.82, 2.24) is 0 Å². The van der Waals surface area contributed by atoms with Gasteiger partial charge in [0.05, 0.1) is 6.61 Å². The van der Waals surface area contributed by atoms with Gasteiger partial charge in [-0.15, -0.1) is 0 Å². The van der Waals surface area contributed by atoms with Crippen molar-refractivity contribution in [3.8, 4) is 0 Å². The van der Waals surface area contributed by atoms with Crippen LogP contribution in [0.1, 0.15) is 92.9 Å². The molecule has 0 heterocycles. The average Bonchev–Trinajstić information content (AvgIpc) is 3.10. The lowest BCUT2D eigenvalue weighted by Gasteiger charge is -2.59. The molecule has 3 fully saturated rings. The second kappa shape index (κ2) is 9.89. The molecule has 0 bridgehead atoms. The monoisotopic (exact) mass is 488 g/mol. The van der Waals surface area contributed by atoms with Crippen LogP contribution in [0.4, 0.5) is 0 Å². The molecule has 0 amide bonds. The summed E-state index contributed by atoms with van der Waals surface area (Å²) in [7, 11) is 0. The second-order valence-electron chi connectivity index (χ2n) is 12.3. The Morgan fingerprint density at radius 2 is 1.66 bits per heavy atom. The highest BCUT2D eigenvalue weighted by molar-refractivity contribution is 5.67. The molecule has 0 aliphatic heterocycles. The number of ether oxygens (including phenoxy) is 3. The number of hydrogen-bond acceptors (Lipinski definition) is 6. The molecule has 0 aromatic carbocycles. The summed E-state index contributed by atoms with van der Waals surface area (Å²) in [5.74, 6) is 1.71. The first-order valence-corrected chi connectivity index (χ1v) is 13.6. The molecular formula is C29H44O6. The van der Waals surface area contributed by atoms with Crippen LogP contribution in [-0.2, 0) is 28.6 Å². The van der Waals surface area contributed by atoms with E-state index in [4.69, 9.17) is 14.2 Å². The number of fused-ring (bicyclic) bond motifs is 5. The van der Waals surface area contributed by atoms with Crippen LogP contribution in [-0.4, -0.2) is 36.7 Å². The normalized spacial score (nSPS) is 40.9. The summed E-state index contributed by atoms with van der Waals surface area (Å²) in [6, 6.07) is 0. The van der Waals surface area contributed by atoms with Crippen molar-refractivity contribution >= 4 is 17.9 Å². The van der Waals surface area contributed by atoms with Crippen LogP contribution < -0.4 is 0 Å². The highest BCUT2D eigenvalue weighted by Gasteiger charge is 2.62. The zero-order chi connectivity index (χ0) is 25.5. The van der Waals surface area contributed by atoms with Gasteiger partial charge in [-0.3, -0.25) is 14.4 Å². The third-order valence-electron chi connectivity index (χ3n) is 10.3. The van der Waals surface area contributed by atoms with Gasteiger partial charge < -0.3 is 14.2 Å². The van der Waals surface area contributed by atoms with E-state index in [2.05, 4.69) is 26.8 Å². The van der Waals surface area contributed by atoms with Gasteiger partial charge >= 0.3 is 17.9 Å². The molecule has 3 saturated carbocycles. The smallest absolute Gasteiger partial charge is 0.303 e. The summed E-state index contributed by atoms with van der Waals surface area (Å²) in [5.41, 5.74) is 1.58. The van der Waals surface area contributed by atoms with Crippen molar-refractivity contribution in [1.29, 1.82) is 0 Å². The van der Waals surface area contributed by atoms with E-state index < -0.39 is 0 Å². The minimum absolute atomic E-state index is 0.0678. The number of hydrogen-bond donors (Lipinski definition) is 0. The maximum Gasteiger partial charge on any atom is 0.303 e. The third kappa shape index (κ3) is 4.91. The summed E-state index contributed by atoms with van der Waals surface area (Å²) < 4.78 is 16.9. The molecule has 0 unspecified atom stereocenters. The van der Waals surface area contributed by atoms with Crippen LogP contribution in [0.15, 0.2) is 11.6 Å². The van der Waals surface area contributed by atoms with Gasteiger partial charge in [0.1, 0.15) is 12.2 Å². The number of rotatable bonds is 6. The molecule has 6 heteroatoms. The molecule has 0 aromatic heterocycles. The molecule has 0 saturated heterocycles. The topological polar surface area (TPSA) is 78.9 Å². The maximum absolute atomic E-state index is 12.2. The quantitative estimate of drug-likeness (QED) is 0.274. The highest BCUT2D eigenvalue weighted by atomic mass is 16.5. The van der Waals surface area contributed by atoms with Gasteiger partial charge in [0.2, 0.25) is 0 Å². The summed E-state index contributed by atoms with van der Waals surface area (Å²) in [6.45, 7) is 12.1. The van der Waals surface area contributed by atoms with Crippen molar-refractivity contribution < 1.29 is 28.6 Å². The maximum atomic E-state index is 12.2. The van der Waals surface area contributed by atoms with Crippen molar-refractivity contribution in [2.75, 3.05) is 6.61 Å². The Morgan fingerprint density at radius 1 is 0.943 bits per heavy atom. The number of carbonyl (C=O) groups is 3. The fraction of sp³-hybridized carbons (Fsp3) is 0.828. The molecule has 35 heavy (non-hydrogen) atoms. The molecular weight excluding hydrogens is 444 g/mol. The van der Waals surface area contributed by atoms with Crippen LogP contribution >= 0.6 is 0 Å². The second-order valence-corrected chi connectivity index (χ2v) is 12.3. The van der Waals surface area contributed by atoms with E-state index in [-0.39, 0.29) is 40.9 Å². The van der Waals surface area contributed by atoms with Crippen LogP contribution in [0.25, 0.3) is 0 Å². The van der Waals surface area contributed by atoms with E-state index in [0.717, 1.165) is 38.5 Å². The lowest BCUT2D eigenvalue weighted by atomic mass is 9.46. The first-order chi connectivity index (χ1) is 16.5. The Balaban J connectivity index is 1.60. The summed E-state index contributed by atoms with van der Waals surface area (Å²) >= 11 is 0. The van der Waals surface area contributed by atoms with Gasteiger partial charge in [-0.1, -0.05) is 26.3 Å². The van der Waals surface area contributed by atoms with E-state index >= 15 is 0 Å². The van der Waals surface area contributed by atoms with Crippen molar-refractivity contribution in [3.63, 3.8) is 0 Å². The molecule has 0 N–H and O–H groups in total. The van der Waals surface area contributed by atoms with Gasteiger partial charge in [0.25, 0.3) is 0 Å². The Kier molecular flexibility index (Phi) is 7.41.